The lowest BCUT2D eigenvalue weighted by atomic mass is 10.0. The molecule has 0 radical (unpaired) electrons. The monoisotopic (exact) mass is 329 g/mol. The molecule has 2 rings (SSSR count). The largest absolute Gasteiger partial charge is 0.349 e. The van der Waals surface area contributed by atoms with Crippen LogP contribution in [0.25, 0.3) is 0 Å². The van der Waals surface area contributed by atoms with Gasteiger partial charge in [0, 0.05) is 18.5 Å². The van der Waals surface area contributed by atoms with E-state index in [1.807, 2.05) is 0 Å². The molecular weight excluding hydrogens is 309 g/mol. The van der Waals surface area contributed by atoms with Crippen LogP contribution in [0.4, 0.5) is 10.1 Å². The van der Waals surface area contributed by atoms with E-state index in [-0.39, 0.29) is 36.0 Å². The van der Waals surface area contributed by atoms with Crippen LogP contribution in [0.15, 0.2) is 18.2 Å². The lowest BCUT2D eigenvalue weighted by molar-refractivity contribution is -0.114. The normalized spacial score (nSPS) is 20.1. The smallest absolute Gasteiger partial charge is 0.251 e. The number of benzene rings is 1. The predicted molar refractivity (Wildman–Crippen MR) is 85.6 cm³/mol. The molecule has 5 nitrogen and oxygen atoms in total. The SMILES string of the molecule is CC(=O)Nc1cc(C(=O)NC2CCCC2CN)ccc1F.Cl. The van der Waals surface area contributed by atoms with Crippen LogP contribution < -0.4 is 16.4 Å². The number of anilines is 1. The maximum absolute atomic E-state index is 13.6. The Morgan fingerprint density at radius 3 is 2.73 bits per heavy atom. The Bertz CT molecular complexity index is 554. The second-order valence-electron chi connectivity index (χ2n) is 5.38. The molecule has 0 aliphatic heterocycles. The fourth-order valence-electron chi connectivity index (χ4n) is 2.71. The zero-order chi connectivity index (χ0) is 15.4. The number of halogens is 2. The van der Waals surface area contributed by atoms with Crippen molar-refractivity contribution in [2.45, 2.75) is 32.2 Å². The summed E-state index contributed by atoms with van der Waals surface area (Å²) in [6.45, 7) is 1.84. The van der Waals surface area contributed by atoms with Gasteiger partial charge in [0.25, 0.3) is 5.91 Å². The van der Waals surface area contributed by atoms with Gasteiger partial charge in [-0.05, 0) is 43.5 Å². The molecule has 22 heavy (non-hydrogen) atoms. The minimum atomic E-state index is -0.567. The van der Waals surface area contributed by atoms with Crippen molar-refractivity contribution in [2.24, 2.45) is 11.7 Å². The van der Waals surface area contributed by atoms with Gasteiger partial charge < -0.3 is 16.4 Å². The van der Waals surface area contributed by atoms with Gasteiger partial charge >= 0.3 is 0 Å². The van der Waals surface area contributed by atoms with Crippen LogP contribution in [0.1, 0.15) is 36.5 Å². The summed E-state index contributed by atoms with van der Waals surface area (Å²) in [6, 6.07) is 3.99. The highest BCUT2D eigenvalue weighted by molar-refractivity contribution is 5.97. The van der Waals surface area contributed by atoms with Crippen LogP contribution >= 0.6 is 12.4 Å². The van der Waals surface area contributed by atoms with Gasteiger partial charge in [-0.1, -0.05) is 6.42 Å². The van der Waals surface area contributed by atoms with Gasteiger partial charge in [-0.3, -0.25) is 9.59 Å². The third-order valence-electron chi connectivity index (χ3n) is 3.82. The Morgan fingerprint density at radius 1 is 1.36 bits per heavy atom. The highest BCUT2D eigenvalue weighted by atomic mass is 35.5. The van der Waals surface area contributed by atoms with Crippen LogP contribution in [0.2, 0.25) is 0 Å². The van der Waals surface area contributed by atoms with E-state index in [4.69, 9.17) is 5.73 Å². The molecule has 1 aromatic carbocycles. The molecule has 4 N–H and O–H groups in total. The molecule has 1 saturated carbocycles. The number of amides is 2. The average Bonchev–Trinajstić information content (AvgIpc) is 2.87. The number of nitrogens with one attached hydrogen (secondary N) is 2. The van der Waals surface area contributed by atoms with Gasteiger partial charge in [-0.2, -0.15) is 0 Å². The van der Waals surface area contributed by atoms with Crippen molar-refractivity contribution in [1.82, 2.24) is 5.32 Å². The summed E-state index contributed by atoms with van der Waals surface area (Å²) in [6.07, 6.45) is 2.97. The standard InChI is InChI=1S/C15H20FN3O2.ClH/c1-9(20)18-14-7-10(5-6-12(14)16)15(21)19-13-4-2-3-11(13)8-17;/h5-7,11,13H,2-4,8,17H2,1H3,(H,18,20)(H,19,21);1H. The molecule has 1 aromatic rings. The van der Waals surface area contributed by atoms with Gasteiger partial charge in [-0.25, -0.2) is 4.39 Å². The fraction of sp³-hybridized carbons (Fsp3) is 0.467. The van der Waals surface area contributed by atoms with E-state index in [1.54, 1.807) is 0 Å². The number of nitrogens with two attached hydrogens (primary N) is 1. The molecule has 0 heterocycles. The van der Waals surface area contributed by atoms with Gasteiger partial charge in [0.2, 0.25) is 5.91 Å². The summed E-state index contributed by atoms with van der Waals surface area (Å²) in [4.78, 5) is 23.2. The van der Waals surface area contributed by atoms with Crippen molar-refractivity contribution < 1.29 is 14.0 Å². The molecule has 1 aliphatic rings. The third kappa shape index (κ3) is 4.42. The number of hydrogen-bond acceptors (Lipinski definition) is 3. The molecule has 0 bridgehead atoms. The third-order valence-corrected chi connectivity index (χ3v) is 3.82. The van der Waals surface area contributed by atoms with E-state index < -0.39 is 5.82 Å². The first-order chi connectivity index (χ1) is 10.0. The van der Waals surface area contributed by atoms with Gasteiger partial charge in [0.05, 0.1) is 5.69 Å². The molecule has 0 saturated heterocycles. The second-order valence-corrected chi connectivity index (χ2v) is 5.38. The Morgan fingerprint density at radius 2 is 2.09 bits per heavy atom. The lowest BCUT2D eigenvalue weighted by Gasteiger charge is -2.19. The maximum Gasteiger partial charge on any atom is 0.251 e. The van der Waals surface area contributed by atoms with Gasteiger partial charge in [0.15, 0.2) is 0 Å². The van der Waals surface area contributed by atoms with Crippen molar-refractivity contribution >= 4 is 29.9 Å². The first-order valence-electron chi connectivity index (χ1n) is 7.09. The van der Waals surface area contributed by atoms with Crippen LogP contribution in [0, 0.1) is 11.7 Å². The van der Waals surface area contributed by atoms with E-state index in [2.05, 4.69) is 10.6 Å². The summed E-state index contributed by atoms with van der Waals surface area (Å²) in [5.74, 6) is -0.927. The van der Waals surface area contributed by atoms with Crippen molar-refractivity contribution in [1.29, 1.82) is 0 Å². The Kier molecular flexibility index (Phi) is 6.77. The fourth-order valence-corrected chi connectivity index (χ4v) is 2.71. The molecule has 2 atom stereocenters. The van der Waals surface area contributed by atoms with E-state index >= 15 is 0 Å². The molecule has 1 aliphatic carbocycles. The van der Waals surface area contributed by atoms with E-state index in [0.29, 0.717) is 18.0 Å². The molecular formula is C15H21ClFN3O2. The first kappa shape index (κ1) is 18.4. The Labute approximate surface area is 135 Å². The molecule has 122 valence electrons. The number of hydrogen-bond donors (Lipinski definition) is 3. The van der Waals surface area contributed by atoms with Crippen LogP contribution in [0.3, 0.4) is 0 Å². The van der Waals surface area contributed by atoms with E-state index in [1.165, 1.54) is 25.1 Å². The summed E-state index contributed by atoms with van der Waals surface area (Å²) in [7, 11) is 0. The van der Waals surface area contributed by atoms with Gasteiger partial charge in [-0.15, -0.1) is 12.4 Å². The van der Waals surface area contributed by atoms with Crippen molar-refractivity contribution in [3.63, 3.8) is 0 Å². The van der Waals surface area contributed by atoms with Crippen molar-refractivity contribution in [3.05, 3.63) is 29.6 Å². The van der Waals surface area contributed by atoms with Crippen molar-refractivity contribution in [3.8, 4) is 0 Å². The van der Waals surface area contributed by atoms with Crippen LogP contribution in [0.5, 0.6) is 0 Å². The first-order valence-corrected chi connectivity index (χ1v) is 7.09. The summed E-state index contributed by atoms with van der Waals surface area (Å²) < 4.78 is 13.6. The molecule has 1 fully saturated rings. The zero-order valence-electron chi connectivity index (χ0n) is 12.4. The van der Waals surface area contributed by atoms with Crippen molar-refractivity contribution in [2.75, 3.05) is 11.9 Å². The molecule has 7 heteroatoms. The van der Waals surface area contributed by atoms with E-state index in [0.717, 1.165) is 19.3 Å². The van der Waals surface area contributed by atoms with E-state index in [9.17, 15) is 14.0 Å². The summed E-state index contributed by atoms with van der Waals surface area (Å²) >= 11 is 0. The average molecular weight is 330 g/mol. The minimum Gasteiger partial charge on any atom is -0.349 e. The highest BCUT2D eigenvalue weighted by Gasteiger charge is 2.27. The lowest BCUT2D eigenvalue weighted by Crippen LogP contribution is -2.39. The molecule has 0 aromatic heterocycles. The number of carbonyl (C=O) groups excluding carboxylic acids is 2. The van der Waals surface area contributed by atoms with Crippen LogP contribution in [-0.2, 0) is 4.79 Å². The maximum atomic E-state index is 13.6. The Hall–Kier alpha value is -1.66. The summed E-state index contributed by atoms with van der Waals surface area (Å²) in [5.41, 5.74) is 6.02. The highest BCUT2D eigenvalue weighted by Crippen LogP contribution is 2.25. The number of carbonyl (C=O) groups is 2. The second kappa shape index (κ2) is 8.10. The molecule has 0 spiro atoms. The quantitative estimate of drug-likeness (QED) is 0.790. The molecule has 2 unspecified atom stereocenters. The Balaban J connectivity index is 0.00000242. The molecule has 2 amide bonds. The predicted octanol–water partition coefficient (Wildman–Crippen LogP) is 2.06. The van der Waals surface area contributed by atoms with Crippen LogP contribution in [-0.4, -0.2) is 24.4 Å². The topological polar surface area (TPSA) is 84.2 Å². The zero-order valence-corrected chi connectivity index (χ0v) is 13.2. The number of rotatable bonds is 4. The van der Waals surface area contributed by atoms with Gasteiger partial charge in [0.1, 0.15) is 5.82 Å². The minimum absolute atomic E-state index is 0. The summed E-state index contributed by atoms with van der Waals surface area (Å²) in [5, 5.41) is 5.31.